The number of rotatable bonds is 4. The Hall–Kier alpha value is -2.16. The van der Waals surface area contributed by atoms with Gasteiger partial charge < -0.3 is 0 Å². The van der Waals surface area contributed by atoms with Crippen LogP contribution in [0.4, 0.5) is 0 Å². The van der Waals surface area contributed by atoms with E-state index in [-0.39, 0.29) is 5.91 Å². The third-order valence-electron chi connectivity index (χ3n) is 3.36. The number of pyridine rings is 1. The maximum atomic E-state index is 11.7. The molecule has 3 heteroatoms. The van der Waals surface area contributed by atoms with Crippen LogP contribution >= 0.6 is 0 Å². The van der Waals surface area contributed by atoms with E-state index < -0.39 is 0 Å². The summed E-state index contributed by atoms with van der Waals surface area (Å²) in [5.41, 5.74) is 2.94. The lowest BCUT2D eigenvalue weighted by Gasteiger charge is -2.07. The van der Waals surface area contributed by atoms with Crippen LogP contribution in [0.25, 0.3) is 11.1 Å². The second kappa shape index (κ2) is 7.02. The molecule has 0 aliphatic carbocycles. The summed E-state index contributed by atoms with van der Waals surface area (Å²) < 4.78 is 1.60. The predicted octanol–water partition coefficient (Wildman–Crippen LogP) is 3.76. The van der Waals surface area contributed by atoms with Gasteiger partial charge in [-0.05, 0) is 35.6 Å². The molecule has 0 fully saturated rings. The SMILES string of the molecule is CC(=O)n1ccc(-c2ccccc2)cc1=NCCC(C)C. The molecule has 0 amide bonds. The van der Waals surface area contributed by atoms with Gasteiger partial charge in [0.1, 0.15) is 5.49 Å². The van der Waals surface area contributed by atoms with Crippen LogP contribution in [0.15, 0.2) is 53.7 Å². The van der Waals surface area contributed by atoms with E-state index >= 15 is 0 Å². The van der Waals surface area contributed by atoms with E-state index in [1.807, 2.05) is 30.3 Å². The number of hydrogen-bond acceptors (Lipinski definition) is 2. The molecule has 0 saturated heterocycles. The van der Waals surface area contributed by atoms with Gasteiger partial charge in [0, 0.05) is 19.7 Å². The average Bonchev–Trinajstić information content (AvgIpc) is 2.47. The molecule has 0 bridgehead atoms. The summed E-state index contributed by atoms with van der Waals surface area (Å²) in [4.78, 5) is 16.3. The third kappa shape index (κ3) is 4.15. The molecule has 2 aromatic rings. The van der Waals surface area contributed by atoms with Crippen molar-refractivity contribution in [1.82, 2.24) is 4.57 Å². The van der Waals surface area contributed by atoms with Gasteiger partial charge in [0.05, 0.1) is 0 Å². The monoisotopic (exact) mass is 282 g/mol. The van der Waals surface area contributed by atoms with Crippen LogP contribution in [-0.4, -0.2) is 17.0 Å². The Morgan fingerprint density at radius 3 is 2.48 bits per heavy atom. The summed E-state index contributed by atoms with van der Waals surface area (Å²) >= 11 is 0. The maximum Gasteiger partial charge on any atom is 0.229 e. The normalized spacial score (nSPS) is 11.9. The summed E-state index contributed by atoms with van der Waals surface area (Å²) in [7, 11) is 0. The van der Waals surface area contributed by atoms with Crippen LogP contribution in [0.2, 0.25) is 0 Å². The zero-order valence-electron chi connectivity index (χ0n) is 12.9. The van der Waals surface area contributed by atoms with Crippen molar-refractivity contribution < 1.29 is 4.79 Å². The predicted molar refractivity (Wildman–Crippen MR) is 86.1 cm³/mol. The molecule has 0 aliphatic rings. The van der Waals surface area contributed by atoms with Crippen molar-refractivity contribution in [2.75, 3.05) is 6.54 Å². The maximum absolute atomic E-state index is 11.7. The van der Waals surface area contributed by atoms with E-state index in [9.17, 15) is 4.79 Å². The van der Waals surface area contributed by atoms with Gasteiger partial charge >= 0.3 is 0 Å². The molecular formula is C18H22N2O. The standard InChI is InChI=1S/C18H22N2O/c1-14(2)9-11-19-18-13-17(10-12-20(18)15(3)21)16-7-5-4-6-8-16/h4-8,10,12-14H,9,11H2,1-3H3. The Morgan fingerprint density at radius 2 is 1.86 bits per heavy atom. The molecule has 0 saturated carbocycles. The van der Waals surface area contributed by atoms with Crippen molar-refractivity contribution in [2.45, 2.75) is 27.2 Å². The first kappa shape index (κ1) is 15.2. The van der Waals surface area contributed by atoms with Gasteiger partial charge in [-0.2, -0.15) is 0 Å². The van der Waals surface area contributed by atoms with E-state index in [1.54, 1.807) is 17.7 Å². The Kier molecular flexibility index (Phi) is 5.09. The highest BCUT2D eigenvalue weighted by Gasteiger charge is 2.03. The fourth-order valence-corrected chi connectivity index (χ4v) is 2.12. The molecule has 110 valence electrons. The molecule has 0 radical (unpaired) electrons. The first-order valence-corrected chi connectivity index (χ1v) is 7.37. The van der Waals surface area contributed by atoms with Gasteiger partial charge in [-0.3, -0.25) is 14.4 Å². The number of nitrogens with zero attached hydrogens (tertiary/aromatic N) is 2. The van der Waals surface area contributed by atoms with Crippen molar-refractivity contribution >= 4 is 5.91 Å². The third-order valence-corrected chi connectivity index (χ3v) is 3.36. The summed E-state index contributed by atoms with van der Waals surface area (Å²) in [6, 6.07) is 14.1. The Balaban J connectivity index is 2.42. The van der Waals surface area contributed by atoms with E-state index in [4.69, 9.17) is 0 Å². The second-order valence-corrected chi connectivity index (χ2v) is 5.59. The second-order valence-electron chi connectivity index (χ2n) is 5.59. The number of carbonyl (C=O) groups is 1. The minimum atomic E-state index is -0.0158. The zero-order chi connectivity index (χ0) is 15.2. The van der Waals surface area contributed by atoms with Gasteiger partial charge in [0.15, 0.2) is 0 Å². The molecule has 3 nitrogen and oxygen atoms in total. The zero-order valence-corrected chi connectivity index (χ0v) is 12.9. The lowest BCUT2D eigenvalue weighted by Crippen LogP contribution is -2.25. The highest BCUT2D eigenvalue weighted by atomic mass is 16.1. The van der Waals surface area contributed by atoms with Crippen LogP contribution in [0, 0.1) is 5.92 Å². The quantitative estimate of drug-likeness (QED) is 0.840. The van der Waals surface area contributed by atoms with Gasteiger partial charge in [-0.1, -0.05) is 44.2 Å². The lowest BCUT2D eigenvalue weighted by molar-refractivity contribution is 0.0931. The van der Waals surface area contributed by atoms with Crippen LogP contribution in [0.1, 0.15) is 32.0 Å². The fourth-order valence-electron chi connectivity index (χ4n) is 2.12. The Morgan fingerprint density at radius 1 is 1.14 bits per heavy atom. The van der Waals surface area contributed by atoms with Crippen molar-refractivity contribution in [1.29, 1.82) is 0 Å². The smallest absolute Gasteiger partial charge is 0.229 e. The topological polar surface area (TPSA) is 34.4 Å². The van der Waals surface area contributed by atoms with Gasteiger partial charge in [-0.15, -0.1) is 0 Å². The number of hydrogen-bond donors (Lipinski definition) is 0. The largest absolute Gasteiger partial charge is 0.274 e. The minimum absolute atomic E-state index is 0.0158. The van der Waals surface area contributed by atoms with Crippen LogP contribution in [-0.2, 0) is 0 Å². The van der Waals surface area contributed by atoms with Gasteiger partial charge in [0.2, 0.25) is 5.91 Å². The molecule has 1 aromatic carbocycles. The van der Waals surface area contributed by atoms with Gasteiger partial charge in [0.25, 0.3) is 0 Å². The summed E-state index contributed by atoms with van der Waals surface area (Å²) in [5, 5.41) is 0. The molecule has 0 atom stereocenters. The number of aromatic nitrogens is 1. The molecule has 0 N–H and O–H groups in total. The van der Waals surface area contributed by atoms with Crippen LogP contribution in [0.3, 0.4) is 0 Å². The highest BCUT2D eigenvalue weighted by molar-refractivity contribution is 5.76. The molecule has 21 heavy (non-hydrogen) atoms. The lowest BCUT2D eigenvalue weighted by atomic mass is 10.1. The Bertz CT molecular complexity index is 669. The van der Waals surface area contributed by atoms with E-state index in [0.717, 1.165) is 29.6 Å². The fraction of sp³-hybridized carbons (Fsp3) is 0.333. The van der Waals surface area contributed by atoms with Crippen molar-refractivity contribution in [3.8, 4) is 11.1 Å². The highest BCUT2D eigenvalue weighted by Crippen LogP contribution is 2.16. The first-order chi connectivity index (χ1) is 10.1. The molecule has 0 spiro atoms. The van der Waals surface area contributed by atoms with E-state index in [1.165, 1.54) is 0 Å². The van der Waals surface area contributed by atoms with E-state index in [0.29, 0.717) is 5.92 Å². The summed E-state index contributed by atoms with van der Waals surface area (Å²) in [5.74, 6) is 0.592. The number of benzene rings is 1. The van der Waals surface area contributed by atoms with Crippen molar-refractivity contribution in [2.24, 2.45) is 10.9 Å². The molecule has 1 aromatic heterocycles. The Labute approximate surface area is 126 Å². The van der Waals surface area contributed by atoms with Crippen molar-refractivity contribution in [3.05, 3.63) is 54.1 Å². The summed E-state index contributed by atoms with van der Waals surface area (Å²) in [6.45, 7) is 6.65. The van der Waals surface area contributed by atoms with E-state index in [2.05, 4.69) is 31.0 Å². The molecule has 2 rings (SSSR count). The average molecular weight is 282 g/mol. The van der Waals surface area contributed by atoms with Crippen molar-refractivity contribution in [3.63, 3.8) is 0 Å². The molecule has 0 aliphatic heterocycles. The van der Waals surface area contributed by atoms with Crippen LogP contribution in [0.5, 0.6) is 0 Å². The summed E-state index contributed by atoms with van der Waals surface area (Å²) in [6.07, 6.45) is 2.83. The molecule has 1 heterocycles. The van der Waals surface area contributed by atoms with Gasteiger partial charge in [-0.25, -0.2) is 0 Å². The molecule has 0 unspecified atom stereocenters. The van der Waals surface area contributed by atoms with Crippen LogP contribution < -0.4 is 5.49 Å². The minimum Gasteiger partial charge on any atom is -0.274 e. The number of carbonyl (C=O) groups excluding carboxylic acids is 1. The first-order valence-electron chi connectivity index (χ1n) is 7.37. The molecular weight excluding hydrogens is 260 g/mol.